The van der Waals surface area contributed by atoms with Gasteiger partial charge in [0.25, 0.3) is 11.8 Å². The monoisotopic (exact) mass is 772 g/mol. The first-order valence-electron chi connectivity index (χ1n) is 16.8. The number of nitrogens with zero attached hydrogens (tertiary/aromatic N) is 1. The number of ether oxygens (including phenoxy) is 4. The lowest BCUT2D eigenvalue weighted by molar-refractivity contribution is -0.129. The molecule has 1 aliphatic rings. The Kier molecular flexibility index (Phi) is 13.4. The molecule has 0 unspecified atom stereocenters. The van der Waals surface area contributed by atoms with E-state index >= 15 is 0 Å². The van der Waals surface area contributed by atoms with Crippen LogP contribution in [0.4, 0.5) is 10.7 Å². The summed E-state index contributed by atoms with van der Waals surface area (Å²) in [5.41, 5.74) is 2.33. The van der Waals surface area contributed by atoms with Crippen molar-refractivity contribution in [2.24, 2.45) is 0 Å². The lowest BCUT2D eigenvalue weighted by Crippen LogP contribution is -2.34. The Morgan fingerprint density at radius 3 is 2.28 bits per heavy atom. The maximum Gasteiger partial charge on any atom is 0.341 e. The molecule has 0 atom stereocenters. The highest BCUT2D eigenvalue weighted by Gasteiger charge is 2.30. The zero-order valence-electron chi connectivity index (χ0n) is 30.4. The molecule has 13 nitrogen and oxygen atoms in total. The number of thiophene rings is 1. The molecule has 3 aromatic carbocycles. The number of anilines is 2. The molecule has 1 aromatic heterocycles. The zero-order valence-corrected chi connectivity index (χ0v) is 32.0. The van der Waals surface area contributed by atoms with Crippen LogP contribution in [0.3, 0.4) is 0 Å². The Labute approximate surface area is 321 Å². The van der Waals surface area contributed by atoms with E-state index in [0.29, 0.717) is 69.0 Å². The van der Waals surface area contributed by atoms with E-state index in [-0.39, 0.29) is 29.9 Å². The molecule has 5 rings (SSSR count). The van der Waals surface area contributed by atoms with Crippen molar-refractivity contribution in [3.63, 3.8) is 0 Å². The summed E-state index contributed by atoms with van der Waals surface area (Å²) in [6.07, 6.45) is 1.98. The Morgan fingerprint density at radius 2 is 1.63 bits per heavy atom. The first-order chi connectivity index (χ1) is 26.0. The Bertz CT molecular complexity index is 2060. The second-order valence-electron chi connectivity index (χ2n) is 11.8. The summed E-state index contributed by atoms with van der Waals surface area (Å²) in [5, 5.41) is 8.82. The standard InChI is InChI=1S/C39H40N4O9S2/c1-6-52-39(48)34-28-15-16-43(23(2)44)21-32(28)54-38(34)42-33(45)22-53-27-14-10-13-26(20-27)40-37(47)29(41-36(46)25-11-8-7-9-12-25)17-24-18-30(49-3)35(51-5)31(19-24)50-4/h7-14,17-20H,6,15-16,21-22H2,1-5H3,(H,40,47)(H,41,46)(H,42,45)/b29-17+. The molecule has 15 heteroatoms. The van der Waals surface area contributed by atoms with E-state index in [4.69, 9.17) is 18.9 Å². The fourth-order valence-corrected chi connectivity index (χ4v) is 7.67. The van der Waals surface area contributed by atoms with Gasteiger partial charge in [0, 0.05) is 34.5 Å². The number of carbonyl (C=O) groups is 5. The number of methoxy groups -OCH3 is 3. The Morgan fingerprint density at radius 1 is 0.907 bits per heavy atom. The average molecular weight is 773 g/mol. The van der Waals surface area contributed by atoms with Crippen molar-refractivity contribution in [1.82, 2.24) is 10.2 Å². The lowest BCUT2D eigenvalue weighted by Gasteiger charge is -2.25. The Balaban J connectivity index is 1.32. The molecular weight excluding hydrogens is 733 g/mol. The second kappa shape index (κ2) is 18.3. The normalized spacial score (nSPS) is 12.2. The first kappa shape index (κ1) is 39.4. The van der Waals surface area contributed by atoms with E-state index in [9.17, 15) is 24.0 Å². The summed E-state index contributed by atoms with van der Waals surface area (Å²) >= 11 is 2.50. The van der Waals surface area contributed by atoms with Crippen molar-refractivity contribution < 1.29 is 42.9 Å². The number of benzene rings is 3. The summed E-state index contributed by atoms with van der Waals surface area (Å²) < 4.78 is 21.6. The van der Waals surface area contributed by atoms with Crippen LogP contribution >= 0.6 is 23.1 Å². The fraction of sp³-hybridized carbons (Fsp3) is 0.256. The smallest absolute Gasteiger partial charge is 0.341 e. The van der Waals surface area contributed by atoms with E-state index in [0.717, 1.165) is 10.4 Å². The maximum absolute atomic E-state index is 13.8. The Hall–Kier alpha value is -5.80. The van der Waals surface area contributed by atoms with E-state index in [2.05, 4.69) is 16.0 Å². The predicted molar refractivity (Wildman–Crippen MR) is 207 cm³/mol. The third kappa shape index (κ3) is 9.59. The van der Waals surface area contributed by atoms with E-state index in [1.165, 1.54) is 57.4 Å². The van der Waals surface area contributed by atoms with Gasteiger partial charge in [-0.1, -0.05) is 24.3 Å². The van der Waals surface area contributed by atoms with Gasteiger partial charge in [0.2, 0.25) is 17.6 Å². The van der Waals surface area contributed by atoms with Gasteiger partial charge in [-0.15, -0.1) is 23.1 Å². The molecule has 4 aromatic rings. The number of carbonyl (C=O) groups excluding carboxylic acids is 5. The van der Waals surface area contributed by atoms with Gasteiger partial charge in [0.05, 0.1) is 45.8 Å². The van der Waals surface area contributed by atoms with Crippen molar-refractivity contribution in [2.45, 2.75) is 31.7 Å². The van der Waals surface area contributed by atoms with E-state index in [1.54, 1.807) is 78.6 Å². The molecule has 0 radical (unpaired) electrons. The van der Waals surface area contributed by atoms with Crippen LogP contribution in [0.15, 0.2) is 77.3 Å². The van der Waals surface area contributed by atoms with Crippen LogP contribution in [0.2, 0.25) is 0 Å². The van der Waals surface area contributed by atoms with Crippen LogP contribution in [0.1, 0.15) is 50.6 Å². The number of thioether (sulfide) groups is 1. The topological polar surface area (TPSA) is 162 Å². The first-order valence-corrected chi connectivity index (χ1v) is 18.6. The highest BCUT2D eigenvalue weighted by molar-refractivity contribution is 8.00. The van der Waals surface area contributed by atoms with Gasteiger partial charge in [0.15, 0.2) is 11.5 Å². The number of hydrogen-bond acceptors (Lipinski definition) is 11. The van der Waals surface area contributed by atoms with Crippen LogP contribution in [-0.4, -0.2) is 74.7 Å². The van der Waals surface area contributed by atoms with Crippen LogP contribution in [0, 0.1) is 0 Å². The van der Waals surface area contributed by atoms with Crippen LogP contribution < -0.4 is 30.2 Å². The quantitative estimate of drug-likeness (QED) is 0.0789. The summed E-state index contributed by atoms with van der Waals surface area (Å²) in [6.45, 7) is 4.24. The van der Waals surface area contributed by atoms with Crippen molar-refractivity contribution in [2.75, 3.05) is 50.9 Å². The third-order valence-corrected chi connectivity index (χ3v) is 10.3. The average Bonchev–Trinajstić information content (AvgIpc) is 3.53. The minimum atomic E-state index is -0.607. The van der Waals surface area contributed by atoms with Crippen LogP contribution in [-0.2, 0) is 32.1 Å². The summed E-state index contributed by atoms with van der Waals surface area (Å²) in [4.78, 5) is 68.3. The van der Waals surface area contributed by atoms with Crippen LogP contribution in [0.5, 0.6) is 17.2 Å². The van der Waals surface area contributed by atoms with Gasteiger partial charge in [0.1, 0.15) is 10.7 Å². The summed E-state index contributed by atoms with van der Waals surface area (Å²) in [6, 6.07) is 18.7. The molecule has 2 heterocycles. The molecule has 3 N–H and O–H groups in total. The zero-order chi connectivity index (χ0) is 38.8. The molecular formula is C39H40N4O9S2. The van der Waals surface area contributed by atoms with Gasteiger partial charge in [-0.2, -0.15) is 0 Å². The third-order valence-electron chi connectivity index (χ3n) is 8.22. The largest absolute Gasteiger partial charge is 0.493 e. The minimum absolute atomic E-state index is 0.00121. The molecule has 0 aliphatic carbocycles. The number of hydrogen-bond donors (Lipinski definition) is 3. The van der Waals surface area contributed by atoms with E-state index in [1.807, 2.05) is 0 Å². The van der Waals surface area contributed by atoms with Crippen molar-refractivity contribution in [3.05, 3.63) is 99.6 Å². The number of fused-ring (bicyclic) bond motifs is 1. The van der Waals surface area contributed by atoms with E-state index < -0.39 is 17.8 Å². The van der Waals surface area contributed by atoms with Gasteiger partial charge in [-0.05, 0) is 73.0 Å². The lowest BCUT2D eigenvalue weighted by atomic mass is 10.0. The molecule has 4 amide bonds. The maximum atomic E-state index is 13.8. The molecule has 282 valence electrons. The SMILES string of the molecule is CCOC(=O)c1c(NC(=O)CSc2cccc(NC(=O)/C(=C\c3cc(OC)c(OC)c(OC)c3)NC(=O)c3ccccc3)c2)sc2c1CCN(C(C)=O)C2. The minimum Gasteiger partial charge on any atom is -0.493 e. The van der Waals surface area contributed by atoms with Crippen molar-refractivity contribution in [1.29, 1.82) is 0 Å². The molecule has 0 bridgehead atoms. The molecule has 0 fully saturated rings. The van der Waals surface area contributed by atoms with Gasteiger partial charge in [-0.25, -0.2) is 4.79 Å². The second-order valence-corrected chi connectivity index (χ2v) is 13.9. The highest BCUT2D eigenvalue weighted by atomic mass is 32.2. The number of amides is 4. The molecule has 1 aliphatic heterocycles. The van der Waals surface area contributed by atoms with Gasteiger partial charge < -0.3 is 39.8 Å². The van der Waals surface area contributed by atoms with Crippen molar-refractivity contribution >= 4 is 69.5 Å². The number of rotatable bonds is 14. The molecule has 0 saturated carbocycles. The van der Waals surface area contributed by atoms with Gasteiger partial charge in [-0.3, -0.25) is 19.2 Å². The van der Waals surface area contributed by atoms with Crippen molar-refractivity contribution in [3.8, 4) is 17.2 Å². The molecule has 0 spiro atoms. The fourth-order valence-electron chi connectivity index (χ4n) is 5.65. The summed E-state index contributed by atoms with van der Waals surface area (Å²) in [5.74, 6) is -0.927. The predicted octanol–water partition coefficient (Wildman–Crippen LogP) is 6.00. The van der Waals surface area contributed by atoms with Crippen LogP contribution in [0.25, 0.3) is 6.08 Å². The number of nitrogens with one attached hydrogen (secondary N) is 3. The van der Waals surface area contributed by atoms with Gasteiger partial charge >= 0.3 is 5.97 Å². The molecule has 0 saturated heterocycles. The number of esters is 1. The summed E-state index contributed by atoms with van der Waals surface area (Å²) in [7, 11) is 4.43. The molecule has 54 heavy (non-hydrogen) atoms. The highest BCUT2D eigenvalue weighted by Crippen LogP contribution is 2.39.